The van der Waals surface area contributed by atoms with Crippen molar-refractivity contribution in [2.24, 2.45) is 0 Å². The van der Waals surface area contributed by atoms with Gasteiger partial charge >= 0.3 is 0 Å². The second-order valence-electron chi connectivity index (χ2n) is 9.01. The number of aromatic nitrogens is 3. The van der Waals surface area contributed by atoms with Gasteiger partial charge in [0.05, 0.1) is 16.1 Å². The van der Waals surface area contributed by atoms with Crippen LogP contribution in [0.15, 0.2) is 144 Å². The van der Waals surface area contributed by atoms with Gasteiger partial charge in [-0.05, 0) is 36.4 Å². The van der Waals surface area contributed by atoms with Crippen LogP contribution >= 0.6 is 34.0 Å². The second kappa shape index (κ2) is 15.1. The third kappa shape index (κ3) is 6.70. The van der Waals surface area contributed by atoms with E-state index < -0.39 is 0 Å². The Morgan fingerprint density at radius 2 is 0.619 bits per heavy atom. The Morgan fingerprint density at radius 3 is 0.929 bits per heavy atom. The largest absolute Gasteiger partial charge is 1.00 e. The van der Waals surface area contributed by atoms with Gasteiger partial charge in [0, 0.05) is 52.6 Å². The summed E-state index contributed by atoms with van der Waals surface area (Å²) in [7, 11) is 0. The van der Waals surface area contributed by atoms with Crippen LogP contribution in [0.3, 0.4) is 0 Å². The molecule has 0 N–H and O–H groups in total. The van der Waals surface area contributed by atoms with Gasteiger partial charge in [-0.3, -0.25) is 0 Å². The summed E-state index contributed by atoms with van der Waals surface area (Å²) >= 11 is 5.30. The molecule has 210 valence electrons. The molecule has 9 aromatic rings. The van der Waals surface area contributed by atoms with E-state index in [0.717, 1.165) is 0 Å². The molecular formula is C33H24I3N3S3. The molecule has 0 radical (unpaired) electrons. The van der Waals surface area contributed by atoms with Crippen LogP contribution in [0.5, 0.6) is 0 Å². The monoisotopic (exact) mass is 939 g/mol. The van der Waals surface area contributed by atoms with E-state index in [1.165, 1.54) is 47.2 Å². The molecule has 0 bridgehead atoms. The van der Waals surface area contributed by atoms with Crippen LogP contribution in [0, 0.1) is 0 Å². The minimum atomic E-state index is 0. The van der Waals surface area contributed by atoms with E-state index in [-0.39, 0.29) is 71.9 Å². The van der Waals surface area contributed by atoms with E-state index in [1.54, 1.807) is 34.0 Å². The Labute approximate surface area is 306 Å². The van der Waals surface area contributed by atoms with Crippen molar-refractivity contribution in [3.05, 3.63) is 144 Å². The molecule has 9 rings (SSSR count). The molecule has 3 nitrogen and oxygen atoms in total. The highest BCUT2D eigenvalue weighted by atomic mass is 127. The molecule has 42 heavy (non-hydrogen) atoms. The zero-order valence-corrected chi connectivity index (χ0v) is 31.0. The van der Waals surface area contributed by atoms with E-state index in [4.69, 9.17) is 0 Å². The lowest BCUT2D eigenvalue weighted by Crippen LogP contribution is -3.00. The summed E-state index contributed by atoms with van der Waals surface area (Å²) in [5.74, 6) is 0. The van der Waals surface area contributed by atoms with Crippen molar-refractivity contribution in [2.45, 2.75) is 0 Å². The molecule has 0 aliphatic rings. The van der Waals surface area contributed by atoms with Crippen molar-refractivity contribution < 1.29 is 85.1 Å². The Balaban J connectivity index is 0.000000140. The summed E-state index contributed by atoms with van der Waals surface area (Å²) in [6, 6.07) is 38.3. The van der Waals surface area contributed by atoms with Crippen LogP contribution in [0.25, 0.3) is 47.2 Å². The van der Waals surface area contributed by atoms with Gasteiger partial charge in [-0.2, -0.15) is 13.2 Å². The fourth-order valence-electron chi connectivity index (χ4n) is 4.86. The molecule has 6 heterocycles. The van der Waals surface area contributed by atoms with Gasteiger partial charge in [0.2, 0.25) is 16.6 Å². The molecule has 3 aromatic carbocycles. The lowest BCUT2D eigenvalue weighted by molar-refractivity contribution is -0.477. The summed E-state index contributed by atoms with van der Waals surface area (Å²) in [4.78, 5) is 3.87. The predicted octanol–water partition coefficient (Wildman–Crippen LogP) is -1.07. The maximum atomic E-state index is 2.22. The van der Waals surface area contributed by atoms with Crippen LogP contribution in [0.4, 0.5) is 0 Å². The lowest BCUT2D eigenvalue weighted by atomic mass is 10.2. The van der Waals surface area contributed by atoms with Crippen molar-refractivity contribution in [1.82, 2.24) is 0 Å². The van der Waals surface area contributed by atoms with Crippen LogP contribution in [0.2, 0.25) is 0 Å². The van der Waals surface area contributed by atoms with Crippen molar-refractivity contribution in [3.63, 3.8) is 0 Å². The van der Waals surface area contributed by atoms with Gasteiger partial charge in [0.15, 0.2) is 18.6 Å². The van der Waals surface area contributed by atoms with Gasteiger partial charge in [-0.25, -0.2) is 0 Å². The van der Waals surface area contributed by atoms with E-state index in [2.05, 4.69) is 157 Å². The summed E-state index contributed by atoms with van der Waals surface area (Å²) in [5.41, 5.74) is 3.84. The average molecular weight is 939 g/mol. The minimum Gasteiger partial charge on any atom is -1.00 e. The van der Waals surface area contributed by atoms with Gasteiger partial charge in [0.25, 0.3) is 14.5 Å². The van der Waals surface area contributed by atoms with Crippen LogP contribution in [-0.4, -0.2) is 0 Å². The third-order valence-electron chi connectivity index (χ3n) is 6.71. The molecule has 0 atom stereocenters. The molecule has 0 aliphatic heterocycles. The van der Waals surface area contributed by atoms with Gasteiger partial charge in [-0.1, -0.05) is 70.4 Å². The first kappa shape index (κ1) is 32.9. The first-order valence-electron chi connectivity index (χ1n) is 12.6. The Kier molecular flexibility index (Phi) is 11.8. The molecule has 0 spiro atoms. The number of nitrogens with zero attached hydrogens (tertiary/aromatic N) is 3. The lowest BCUT2D eigenvalue weighted by Gasteiger charge is -1.90. The highest BCUT2D eigenvalue weighted by Gasteiger charge is 2.09. The molecule has 9 heteroatoms. The zero-order valence-electron chi connectivity index (χ0n) is 22.1. The molecule has 0 unspecified atom stereocenters. The second-order valence-corrected chi connectivity index (χ2v) is 11.8. The van der Waals surface area contributed by atoms with Gasteiger partial charge in [-0.15, -0.1) is 0 Å². The van der Waals surface area contributed by atoms with Crippen molar-refractivity contribution in [1.29, 1.82) is 0 Å². The van der Waals surface area contributed by atoms with Crippen molar-refractivity contribution >= 4 is 81.2 Å². The number of hydrogen-bond donors (Lipinski definition) is 0. The van der Waals surface area contributed by atoms with E-state index in [0.29, 0.717) is 0 Å². The van der Waals surface area contributed by atoms with Crippen LogP contribution < -0.4 is 85.1 Å². The molecule has 6 aromatic heterocycles. The van der Waals surface area contributed by atoms with Gasteiger partial charge < -0.3 is 71.9 Å². The topological polar surface area (TPSA) is 12.3 Å². The number of halogens is 3. The molecule has 0 saturated heterocycles. The molecular weight excluding hydrogens is 915 g/mol. The predicted molar refractivity (Wildman–Crippen MR) is 165 cm³/mol. The van der Waals surface area contributed by atoms with Gasteiger partial charge in [0.1, 0.15) is 0 Å². The standard InChI is InChI=1S/3C11H8NS.3HI/c3*1-2-4-10-9(3-1)5-6-11-12(10)7-8-13-11;;;/h3*1-8H;3*1H/q3*+1;;;/p-3. The summed E-state index contributed by atoms with van der Waals surface area (Å²) in [5, 5.41) is 10.2. The number of thiazole rings is 3. The number of pyridine rings is 3. The summed E-state index contributed by atoms with van der Waals surface area (Å²) < 4.78 is 6.67. The average Bonchev–Trinajstić information content (AvgIpc) is 3.78. The van der Waals surface area contributed by atoms with Crippen molar-refractivity contribution in [3.8, 4) is 0 Å². The maximum absolute atomic E-state index is 2.22. The molecule has 0 amide bonds. The number of hydrogen-bond acceptors (Lipinski definition) is 3. The highest BCUT2D eigenvalue weighted by molar-refractivity contribution is 7.15. The molecule has 0 aliphatic carbocycles. The van der Waals surface area contributed by atoms with E-state index in [1.807, 2.05) is 0 Å². The smallest absolute Gasteiger partial charge is 0.267 e. The first-order valence-corrected chi connectivity index (χ1v) is 15.3. The van der Waals surface area contributed by atoms with E-state index in [9.17, 15) is 0 Å². The number of benzene rings is 3. The SMILES string of the molecule is [I-].[I-].[I-].c1ccc2c(c1)ccc1scc[n+]12.c1ccc2c(c1)ccc1scc[n+]12.c1ccc2c(c1)ccc1scc[n+]12. The quantitative estimate of drug-likeness (QED) is 0.136. The Morgan fingerprint density at radius 1 is 0.333 bits per heavy atom. The zero-order chi connectivity index (χ0) is 26.0. The fourth-order valence-corrected chi connectivity index (χ4v) is 7.08. The van der Waals surface area contributed by atoms with E-state index >= 15 is 0 Å². The fraction of sp³-hybridized carbons (Fsp3) is 0. The highest BCUT2D eigenvalue weighted by Crippen LogP contribution is 2.16. The van der Waals surface area contributed by atoms with Crippen LogP contribution in [0.1, 0.15) is 0 Å². The van der Waals surface area contributed by atoms with Crippen LogP contribution in [-0.2, 0) is 0 Å². The first-order chi connectivity index (χ1) is 19.3. The Hall–Kier alpha value is -2.04. The normalized spacial score (nSPS) is 10.3. The number of para-hydroxylation sites is 3. The van der Waals surface area contributed by atoms with Crippen molar-refractivity contribution in [2.75, 3.05) is 0 Å². The minimum absolute atomic E-state index is 0. The molecule has 0 fully saturated rings. The number of rotatable bonds is 0. The number of fused-ring (bicyclic) bond motifs is 9. The Bertz CT molecular complexity index is 1970. The third-order valence-corrected chi connectivity index (χ3v) is 9.21. The summed E-state index contributed by atoms with van der Waals surface area (Å²) in [6.45, 7) is 0. The maximum Gasteiger partial charge on any atom is 0.267 e. The summed E-state index contributed by atoms with van der Waals surface area (Å²) in [6.07, 6.45) is 6.34. The molecule has 0 saturated carbocycles.